The predicted molar refractivity (Wildman–Crippen MR) is 114 cm³/mol. The highest BCUT2D eigenvalue weighted by Gasteiger charge is 2.38. The van der Waals surface area contributed by atoms with Crippen molar-refractivity contribution in [2.75, 3.05) is 6.61 Å². The Bertz CT molecular complexity index is 1120. The monoisotopic (exact) mass is 438 g/mol. The van der Waals surface area contributed by atoms with Crippen molar-refractivity contribution in [1.29, 1.82) is 0 Å². The summed E-state index contributed by atoms with van der Waals surface area (Å²) in [6.45, 7) is 4.16. The second-order valence-electron chi connectivity index (χ2n) is 8.93. The highest BCUT2D eigenvalue weighted by atomic mass is 19.1. The summed E-state index contributed by atoms with van der Waals surface area (Å²) < 4.78 is 15.9. The van der Waals surface area contributed by atoms with Crippen molar-refractivity contribution in [2.45, 2.75) is 58.4 Å². The van der Waals surface area contributed by atoms with Crippen molar-refractivity contribution in [1.82, 2.24) is 29.6 Å². The van der Waals surface area contributed by atoms with E-state index < -0.39 is 0 Å². The minimum atomic E-state index is -0.344. The fourth-order valence-electron chi connectivity index (χ4n) is 4.87. The van der Waals surface area contributed by atoms with Crippen LogP contribution in [0.4, 0.5) is 4.39 Å². The molecular weight excluding hydrogens is 411 g/mol. The third-order valence-corrected chi connectivity index (χ3v) is 6.54. The molecule has 9 heteroatoms. The Hall–Kier alpha value is -2.94. The van der Waals surface area contributed by atoms with Gasteiger partial charge in [0.25, 0.3) is 0 Å². The van der Waals surface area contributed by atoms with Gasteiger partial charge < -0.3 is 0 Å². The van der Waals surface area contributed by atoms with E-state index >= 15 is 0 Å². The SMILES string of the molecule is Cc1cnc([C@@H]2CCON2C(=O)C2CCC(Cc3cc(F)c4nc(C)nn4c3)CC2)cn1. The zero-order valence-corrected chi connectivity index (χ0v) is 18.4. The van der Waals surface area contributed by atoms with Crippen LogP contribution in [-0.4, -0.2) is 42.1 Å². The topological polar surface area (TPSA) is 85.5 Å². The van der Waals surface area contributed by atoms with E-state index in [9.17, 15) is 9.18 Å². The number of carbonyl (C=O) groups excluding carboxylic acids is 1. The van der Waals surface area contributed by atoms with Gasteiger partial charge in [0, 0.05) is 24.7 Å². The van der Waals surface area contributed by atoms with Gasteiger partial charge in [-0.2, -0.15) is 5.10 Å². The van der Waals surface area contributed by atoms with Crippen LogP contribution < -0.4 is 0 Å². The Morgan fingerprint density at radius 3 is 2.72 bits per heavy atom. The Morgan fingerprint density at radius 1 is 1.16 bits per heavy atom. The zero-order valence-electron chi connectivity index (χ0n) is 18.4. The van der Waals surface area contributed by atoms with Gasteiger partial charge in [0.15, 0.2) is 11.5 Å². The lowest BCUT2D eigenvalue weighted by atomic mass is 9.79. The van der Waals surface area contributed by atoms with E-state index in [1.165, 1.54) is 9.58 Å². The normalized spacial score (nSPS) is 23.7. The number of aromatic nitrogens is 5. The molecule has 1 amide bonds. The number of fused-ring (bicyclic) bond motifs is 1. The van der Waals surface area contributed by atoms with Gasteiger partial charge in [-0.1, -0.05) is 0 Å². The van der Waals surface area contributed by atoms with E-state index in [2.05, 4.69) is 20.1 Å². The zero-order chi connectivity index (χ0) is 22.2. The van der Waals surface area contributed by atoms with E-state index in [0.717, 1.165) is 55.5 Å². The van der Waals surface area contributed by atoms with Crippen molar-refractivity contribution in [3.8, 4) is 0 Å². The van der Waals surface area contributed by atoms with Crippen LogP contribution >= 0.6 is 0 Å². The number of nitrogens with zero attached hydrogens (tertiary/aromatic N) is 6. The number of hydrogen-bond acceptors (Lipinski definition) is 6. The van der Waals surface area contributed by atoms with E-state index in [1.54, 1.807) is 25.4 Å². The third kappa shape index (κ3) is 4.09. The highest BCUT2D eigenvalue weighted by molar-refractivity contribution is 5.78. The molecule has 0 N–H and O–H groups in total. The number of halogens is 1. The largest absolute Gasteiger partial charge is 0.272 e. The van der Waals surface area contributed by atoms with Crippen LogP contribution in [-0.2, 0) is 16.1 Å². The summed E-state index contributed by atoms with van der Waals surface area (Å²) in [5, 5.41) is 5.76. The number of hydroxylamine groups is 2. The molecule has 1 saturated heterocycles. The summed E-state index contributed by atoms with van der Waals surface area (Å²) in [4.78, 5) is 31.8. The van der Waals surface area contributed by atoms with Crippen LogP contribution in [0.2, 0.25) is 0 Å². The van der Waals surface area contributed by atoms with Gasteiger partial charge in [-0.15, -0.1) is 0 Å². The molecule has 32 heavy (non-hydrogen) atoms. The fourth-order valence-corrected chi connectivity index (χ4v) is 4.87. The van der Waals surface area contributed by atoms with Gasteiger partial charge in [0.05, 0.1) is 24.2 Å². The Balaban J connectivity index is 1.21. The third-order valence-electron chi connectivity index (χ3n) is 6.54. The average Bonchev–Trinajstić information content (AvgIpc) is 3.41. The van der Waals surface area contributed by atoms with Gasteiger partial charge in [-0.3, -0.25) is 19.6 Å². The van der Waals surface area contributed by atoms with E-state index in [1.807, 2.05) is 13.1 Å². The van der Waals surface area contributed by atoms with Crippen molar-refractivity contribution < 1.29 is 14.0 Å². The Kier molecular flexibility index (Phi) is 5.58. The summed E-state index contributed by atoms with van der Waals surface area (Å²) >= 11 is 0. The van der Waals surface area contributed by atoms with Gasteiger partial charge in [0.1, 0.15) is 11.9 Å². The number of rotatable bonds is 4. The molecule has 3 aromatic heterocycles. The molecule has 0 aromatic carbocycles. The maximum atomic E-state index is 14.4. The van der Waals surface area contributed by atoms with Crippen LogP contribution in [0.15, 0.2) is 24.7 Å². The van der Waals surface area contributed by atoms with E-state index in [4.69, 9.17) is 4.84 Å². The van der Waals surface area contributed by atoms with Crippen LogP contribution in [0.3, 0.4) is 0 Å². The lowest BCUT2D eigenvalue weighted by molar-refractivity contribution is -0.183. The number of hydrogen-bond donors (Lipinski definition) is 0. The Morgan fingerprint density at radius 2 is 1.97 bits per heavy atom. The quantitative estimate of drug-likeness (QED) is 0.620. The fraction of sp³-hybridized carbons (Fsp3) is 0.522. The molecule has 4 heterocycles. The maximum Gasteiger partial charge on any atom is 0.249 e. The molecule has 1 aliphatic heterocycles. The van der Waals surface area contributed by atoms with Crippen LogP contribution in [0, 0.1) is 31.5 Å². The second kappa shape index (κ2) is 8.54. The molecule has 0 radical (unpaired) electrons. The number of amides is 1. The first-order chi connectivity index (χ1) is 15.5. The lowest BCUT2D eigenvalue weighted by Gasteiger charge is -2.31. The molecule has 2 aliphatic rings. The molecule has 0 unspecified atom stereocenters. The first kappa shape index (κ1) is 20.9. The van der Waals surface area contributed by atoms with Crippen LogP contribution in [0.1, 0.15) is 60.9 Å². The minimum Gasteiger partial charge on any atom is -0.272 e. The summed E-state index contributed by atoms with van der Waals surface area (Å²) in [5.74, 6) is 0.614. The molecule has 1 aliphatic carbocycles. The van der Waals surface area contributed by atoms with Crippen molar-refractivity contribution in [3.63, 3.8) is 0 Å². The predicted octanol–water partition coefficient (Wildman–Crippen LogP) is 3.53. The lowest BCUT2D eigenvalue weighted by Crippen LogP contribution is -2.37. The maximum absolute atomic E-state index is 14.4. The molecule has 1 saturated carbocycles. The molecule has 1 atom stereocenters. The standard InChI is InChI=1S/C23H27FN6O2/c1-14-11-26-20(12-25-14)21-7-8-32-30(21)23(31)18-5-3-16(4-6-18)9-17-10-19(24)22-27-15(2)28-29(22)13-17/h10-13,16,18,21H,3-9H2,1-2H3/t16?,18?,21-/m0/s1. The highest BCUT2D eigenvalue weighted by Crippen LogP contribution is 2.36. The molecule has 5 rings (SSSR count). The average molecular weight is 439 g/mol. The number of pyridine rings is 1. The minimum absolute atomic E-state index is 0.0406. The first-order valence-corrected chi connectivity index (χ1v) is 11.2. The molecular formula is C23H27FN6O2. The van der Waals surface area contributed by atoms with E-state index in [0.29, 0.717) is 18.3 Å². The smallest absolute Gasteiger partial charge is 0.249 e. The molecule has 2 fully saturated rings. The van der Waals surface area contributed by atoms with Gasteiger partial charge in [-0.25, -0.2) is 19.0 Å². The van der Waals surface area contributed by atoms with Crippen molar-refractivity contribution in [3.05, 3.63) is 53.2 Å². The van der Waals surface area contributed by atoms with Crippen molar-refractivity contribution in [2.24, 2.45) is 11.8 Å². The summed E-state index contributed by atoms with van der Waals surface area (Å²) in [5.41, 5.74) is 2.80. The summed E-state index contributed by atoms with van der Waals surface area (Å²) in [6, 6.07) is 1.39. The molecule has 3 aromatic rings. The van der Waals surface area contributed by atoms with Gasteiger partial charge in [-0.05, 0) is 63.5 Å². The number of carbonyl (C=O) groups is 1. The molecule has 168 valence electrons. The Labute approximate surface area is 185 Å². The first-order valence-electron chi connectivity index (χ1n) is 11.2. The van der Waals surface area contributed by atoms with Crippen LogP contribution in [0.5, 0.6) is 0 Å². The molecule has 0 spiro atoms. The molecule has 0 bridgehead atoms. The molecule has 8 nitrogen and oxygen atoms in total. The second-order valence-corrected chi connectivity index (χ2v) is 8.93. The number of aryl methyl sites for hydroxylation is 2. The van der Waals surface area contributed by atoms with E-state index in [-0.39, 0.29) is 29.3 Å². The van der Waals surface area contributed by atoms with Crippen molar-refractivity contribution >= 4 is 11.6 Å². The summed E-state index contributed by atoms with van der Waals surface area (Å²) in [7, 11) is 0. The summed E-state index contributed by atoms with van der Waals surface area (Å²) in [6.07, 6.45) is 10.3. The van der Waals surface area contributed by atoms with Crippen LogP contribution in [0.25, 0.3) is 5.65 Å². The van der Waals surface area contributed by atoms with Gasteiger partial charge in [0.2, 0.25) is 5.91 Å². The van der Waals surface area contributed by atoms with Gasteiger partial charge >= 0.3 is 0 Å².